The summed E-state index contributed by atoms with van der Waals surface area (Å²) in [7, 11) is 2.08. The fourth-order valence-corrected chi connectivity index (χ4v) is 2.66. The molecule has 92 valence electrons. The van der Waals surface area contributed by atoms with Crippen molar-refractivity contribution in [2.75, 3.05) is 26.7 Å². The van der Waals surface area contributed by atoms with Gasteiger partial charge in [-0.05, 0) is 18.7 Å². The maximum Gasteiger partial charge on any atom is 0.270 e. The molecule has 1 aromatic rings. The molecule has 0 bridgehead atoms. The first-order valence-corrected chi connectivity index (χ1v) is 6.23. The average molecular weight is 300 g/mol. The molecule has 1 heterocycles. The van der Waals surface area contributed by atoms with Crippen molar-refractivity contribution in [3.63, 3.8) is 0 Å². The van der Waals surface area contributed by atoms with Gasteiger partial charge in [0.2, 0.25) is 0 Å². The number of rotatable bonds is 2. The predicted molar refractivity (Wildman–Crippen MR) is 69.0 cm³/mol. The minimum atomic E-state index is -0.380. The molecule has 0 spiro atoms. The summed E-state index contributed by atoms with van der Waals surface area (Å²) < 4.78 is 0.791. The number of nitrogens with one attached hydrogen (secondary N) is 1. The van der Waals surface area contributed by atoms with Crippen molar-refractivity contribution < 1.29 is 4.92 Å². The molecule has 1 aromatic carbocycles. The van der Waals surface area contributed by atoms with Crippen molar-refractivity contribution in [3.05, 3.63) is 38.3 Å². The molecular weight excluding hydrogens is 286 g/mol. The molecule has 1 atom stereocenters. The van der Waals surface area contributed by atoms with Gasteiger partial charge in [-0.15, -0.1) is 0 Å². The van der Waals surface area contributed by atoms with Crippen LogP contribution in [0.2, 0.25) is 0 Å². The Labute approximate surface area is 108 Å². The van der Waals surface area contributed by atoms with Gasteiger partial charge in [0, 0.05) is 42.3 Å². The van der Waals surface area contributed by atoms with Crippen LogP contribution in [0.4, 0.5) is 5.69 Å². The van der Waals surface area contributed by atoms with Crippen LogP contribution >= 0.6 is 15.9 Å². The van der Waals surface area contributed by atoms with Crippen LogP contribution in [-0.2, 0) is 0 Å². The van der Waals surface area contributed by atoms with Crippen molar-refractivity contribution in [3.8, 4) is 0 Å². The van der Waals surface area contributed by atoms with Gasteiger partial charge < -0.3 is 10.2 Å². The normalized spacial score (nSPS) is 21.4. The molecule has 1 saturated heterocycles. The van der Waals surface area contributed by atoms with Crippen molar-refractivity contribution in [1.82, 2.24) is 10.2 Å². The Morgan fingerprint density at radius 3 is 2.94 bits per heavy atom. The first-order chi connectivity index (χ1) is 8.08. The van der Waals surface area contributed by atoms with Crippen molar-refractivity contribution >= 4 is 21.6 Å². The van der Waals surface area contributed by atoms with Crippen molar-refractivity contribution in [2.45, 2.75) is 6.04 Å². The van der Waals surface area contributed by atoms with Gasteiger partial charge in [-0.25, -0.2) is 0 Å². The van der Waals surface area contributed by atoms with Gasteiger partial charge in [0.1, 0.15) is 0 Å². The minimum absolute atomic E-state index is 0.116. The van der Waals surface area contributed by atoms with Crippen LogP contribution < -0.4 is 5.32 Å². The monoisotopic (exact) mass is 299 g/mol. The molecule has 1 aliphatic rings. The second-order valence-electron chi connectivity index (χ2n) is 4.23. The zero-order chi connectivity index (χ0) is 12.4. The number of benzene rings is 1. The van der Waals surface area contributed by atoms with E-state index < -0.39 is 0 Å². The molecule has 1 fully saturated rings. The van der Waals surface area contributed by atoms with E-state index in [0.717, 1.165) is 29.7 Å². The molecule has 2 rings (SSSR count). The third kappa shape index (κ3) is 2.83. The summed E-state index contributed by atoms with van der Waals surface area (Å²) in [5, 5.41) is 14.1. The van der Waals surface area contributed by atoms with Crippen LogP contribution in [0.5, 0.6) is 0 Å². The highest BCUT2D eigenvalue weighted by molar-refractivity contribution is 9.10. The predicted octanol–water partition coefficient (Wildman–Crippen LogP) is 1.93. The van der Waals surface area contributed by atoms with Crippen LogP contribution in [-0.4, -0.2) is 36.5 Å². The summed E-state index contributed by atoms with van der Waals surface area (Å²) in [5.74, 6) is 0. The van der Waals surface area contributed by atoms with Gasteiger partial charge >= 0.3 is 0 Å². The average Bonchev–Trinajstić information content (AvgIpc) is 2.28. The minimum Gasteiger partial charge on any atom is -0.308 e. The van der Waals surface area contributed by atoms with Gasteiger partial charge in [0.05, 0.1) is 4.92 Å². The Balaban J connectivity index is 2.23. The lowest BCUT2D eigenvalue weighted by atomic mass is 10.0. The number of nitro groups is 1. The largest absolute Gasteiger partial charge is 0.308 e. The van der Waals surface area contributed by atoms with E-state index in [0.29, 0.717) is 0 Å². The maximum atomic E-state index is 10.7. The van der Waals surface area contributed by atoms with Crippen molar-refractivity contribution in [1.29, 1.82) is 0 Å². The van der Waals surface area contributed by atoms with E-state index in [1.54, 1.807) is 12.1 Å². The van der Waals surface area contributed by atoms with E-state index in [9.17, 15) is 10.1 Å². The number of non-ortho nitro benzene ring substituents is 1. The first-order valence-electron chi connectivity index (χ1n) is 5.43. The quantitative estimate of drug-likeness (QED) is 0.670. The molecular formula is C11H14BrN3O2. The summed E-state index contributed by atoms with van der Waals surface area (Å²) >= 11 is 3.41. The smallest absolute Gasteiger partial charge is 0.270 e. The number of hydrogen-bond donors (Lipinski definition) is 1. The summed E-state index contributed by atoms with van der Waals surface area (Å²) in [5.41, 5.74) is 1.19. The van der Waals surface area contributed by atoms with E-state index in [1.807, 2.05) is 6.07 Å². The second kappa shape index (κ2) is 5.12. The first kappa shape index (κ1) is 12.5. The number of nitro benzene ring substituents is 1. The fraction of sp³-hybridized carbons (Fsp3) is 0.455. The van der Waals surface area contributed by atoms with Gasteiger partial charge in [0.15, 0.2) is 0 Å². The van der Waals surface area contributed by atoms with Crippen LogP contribution in [0.25, 0.3) is 0 Å². The highest BCUT2D eigenvalue weighted by Gasteiger charge is 2.21. The summed E-state index contributed by atoms with van der Waals surface area (Å²) in [6, 6.07) is 5.16. The van der Waals surface area contributed by atoms with Crippen molar-refractivity contribution in [2.24, 2.45) is 0 Å². The molecule has 0 radical (unpaired) electrons. The second-order valence-corrected chi connectivity index (χ2v) is 5.09. The van der Waals surface area contributed by atoms with Crippen LogP contribution in [0, 0.1) is 10.1 Å². The molecule has 0 aromatic heterocycles. The van der Waals surface area contributed by atoms with Crippen LogP contribution in [0.3, 0.4) is 0 Å². The Hall–Kier alpha value is -0.980. The third-order valence-electron chi connectivity index (χ3n) is 2.95. The standard InChI is InChI=1S/C11H14BrN3O2/c1-14-5-4-13-11(7-14)9-3-2-8(15(16)17)6-10(9)12/h2-3,6,11,13H,4-5,7H2,1H3. The van der Waals surface area contributed by atoms with E-state index in [4.69, 9.17) is 0 Å². The number of piperazine rings is 1. The molecule has 17 heavy (non-hydrogen) atoms. The summed E-state index contributed by atoms with van der Waals surface area (Å²) in [4.78, 5) is 12.5. The summed E-state index contributed by atoms with van der Waals surface area (Å²) in [6.07, 6.45) is 0. The molecule has 5 nitrogen and oxygen atoms in total. The van der Waals surface area contributed by atoms with E-state index >= 15 is 0 Å². The highest BCUT2D eigenvalue weighted by Crippen LogP contribution is 2.28. The topological polar surface area (TPSA) is 58.4 Å². The molecule has 0 amide bonds. The molecule has 6 heteroatoms. The summed E-state index contributed by atoms with van der Waals surface area (Å²) in [6.45, 7) is 2.88. The molecule has 1 N–H and O–H groups in total. The number of likely N-dealkylation sites (N-methyl/N-ethyl adjacent to an activating group) is 1. The Morgan fingerprint density at radius 2 is 2.35 bits per heavy atom. The fourth-order valence-electron chi connectivity index (χ4n) is 2.02. The molecule has 1 unspecified atom stereocenters. The van der Waals surface area contributed by atoms with Gasteiger partial charge in [-0.3, -0.25) is 10.1 Å². The SMILES string of the molecule is CN1CCNC(c2ccc([N+](=O)[O-])cc2Br)C1. The lowest BCUT2D eigenvalue weighted by molar-refractivity contribution is -0.384. The zero-order valence-electron chi connectivity index (χ0n) is 9.52. The lowest BCUT2D eigenvalue weighted by Crippen LogP contribution is -2.43. The molecule has 0 saturated carbocycles. The Morgan fingerprint density at radius 1 is 1.59 bits per heavy atom. The Kier molecular flexibility index (Phi) is 3.76. The van der Waals surface area contributed by atoms with Gasteiger partial charge in [0.25, 0.3) is 5.69 Å². The number of nitrogens with zero attached hydrogens (tertiary/aromatic N) is 2. The van der Waals surface area contributed by atoms with E-state index in [-0.39, 0.29) is 16.7 Å². The number of hydrogen-bond acceptors (Lipinski definition) is 4. The third-order valence-corrected chi connectivity index (χ3v) is 3.64. The van der Waals surface area contributed by atoms with E-state index in [2.05, 4.69) is 33.2 Å². The maximum absolute atomic E-state index is 10.7. The lowest BCUT2D eigenvalue weighted by Gasteiger charge is -2.31. The zero-order valence-corrected chi connectivity index (χ0v) is 11.1. The van der Waals surface area contributed by atoms with Gasteiger partial charge in [-0.1, -0.05) is 15.9 Å². The van der Waals surface area contributed by atoms with Crippen LogP contribution in [0.1, 0.15) is 11.6 Å². The van der Waals surface area contributed by atoms with Gasteiger partial charge in [-0.2, -0.15) is 0 Å². The molecule has 0 aliphatic carbocycles. The van der Waals surface area contributed by atoms with E-state index in [1.165, 1.54) is 0 Å². The highest BCUT2D eigenvalue weighted by atomic mass is 79.9. The Bertz CT molecular complexity index is 439. The number of halogens is 1. The van der Waals surface area contributed by atoms with Crippen LogP contribution in [0.15, 0.2) is 22.7 Å². The molecule has 1 aliphatic heterocycles.